The highest BCUT2D eigenvalue weighted by Crippen LogP contribution is 2.53. The smallest absolute Gasteiger partial charge is 0.226 e. The number of hydrogen-bond acceptors (Lipinski definition) is 1. The van der Waals surface area contributed by atoms with Crippen LogP contribution in [0.1, 0.15) is 25.8 Å². The zero-order valence-corrected chi connectivity index (χ0v) is 12.7. The van der Waals surface area contributed by atoms with E-state index >= 15 is 0 Å². The Labute approximate surface area is 126 Å². The zero-order chi connectivity index (χ0) is 14.4. The Morgan fingerprint density at radius 2 is 2.05 bits per heavy atom. The van der Waals surface area contributed by atoms with Crippen LogP contribution in [0.3, 0.4) is 0 Å². The summed E-state index contributed by atoms with van der Waals surface area (Å²) in [4.78, 5) is 12.0. The van der Waals surface area contributed by atoms with Crippen LogP contribution in [0, 0.1) is 11.7 Å². The van der Waals surface area contributed by atoms with Gasteiger partial charge in [-0.05, 0) is 38.0 Å². The number of benzene rings is 1. The number of amides is 1. The van der Waals surface area contributed by atoms with Crippen molar-refractivity contribution in [2.75, 3.05) is 0 Å². The lowest BCUT2D eigenvalue weighted by Crippen LogP contribution is -2.42. The molecule has 0 heterocycles. The monoisotopic (exact) mass is 323 g/mol. The van der Waals surface area contributed by atoms with Gasteiger partial charge in [0.15, 0.2) is 0 Å². The number of nitrogens with one attached hydrogen (secondary N) is 1. The van der Waals surface area contributed by atoms with E-state index in [4.69, 9.17) is 34.8 Å². The summed E-state index contributed by atoms with van der Waals surface area (Å²) in [7, 11) is 0. The van der Waals surface area contributed by atoms with E-state index in [1.165, 1.54) is 12.1 Å². The highest BCUT2D eigenvalue weighted by atomic mass is 35.5. The van der Waals surface area contributed by atoms with Crippen molar-refractivity contribution >= 4 is 40.7 Å². The van der Waals surface area contributed by atoms with E-state index in [2.05, 4.69) is 5.32 Å². The Hall–Kier alpha value is -0.510. The van der Waals surface area contributed by atoms with Gasteiger partial charge in [-0.15, -0.1) is 23.2 Å². The molecule has 0 aliphatic heterocycles. The molecule has 0 bridgehead atoms. The van der Waals surface area contributed by atoms with Gasteiger partial charge >= 0.3 is 0 Å². The molecule has 1 aromatic rings. The van der Waals surface area contributed by atoms with Gasteiger partial charge < -0.3 is 5.32 Å². The fourth-order valence-corrected chi connectivity index (χ4v) is 2.87. The van der Waals surface area contributed by atoms with Crippen molar-refractivity contribution in [1.29, 1.82) is 0 Å². The van der Waals surface area contributed by atoms with E-state index in [-0.39, 0.29) is 10.9 Å². The molecule has 6 heteroatoms. The number of halogens is 4. The van der Waals surface area contributed by atoms with Gasteiger partial charge in [-0.3, -0.25) is 4.79 Å². The second-order valence-electron chi connectivity index (χ2n) is 5.26. The molecular formula is C13H13Cl3FNO. The van der Waals surface area contributed by atoms with Crippen molar-refractivity contribution in [2.24, 2.45) is 5.92 Å². The standard InChI is InChI=1S/C13H13Cl3FNO/c1-12(2,8-4-3-7(17)5-10(8)14)18-11(19)9-6-13(9,15)16/h3-5,9H,6H2,1-2H3,(H,18,19). The van der Waals surface area contributed by atoms with Gasteiger partial charge in [0.25, 0.3) is 0 Å². The van der Waals surface area contributed by atoms with Crippen molar-refractivity contribution in [2.45, 2.75) is 30.1 Å². The molecule has 1 saturated carbocycles. The van der Waals surface area contributed by atoms with E-state index in [1.54, 1.807) is 19.9 Å². The minimum atomic E-state index is -0.966. The molecule has 1 aliphatic carbocycles. The molecule has 0 aromatic heterocycles. The highest BCUT2D eigenvalue weighted by Gasteiger charge is 2.56. The van der Waals surface area contributed by atoms with Crippen LogP contribution in [0.2, 0.25) is 5.02 Å². The van der Waals surface area contributed by atoms with Crippen LogP contribution >= 0.6 is 34.8 Å². The van der Waals surface area contributed by atoms with Gasteiger partial charge in [-0.2, -0.15) is 0 Å². The molecule has 104 valence electrons. The number of alkyl halides is 2. The number of rotatable bonds is 3. The fourth-order valence-electron chi connectivity index (χ4n) is 1.96. The molecule has 1 amide bonds. The summed E-state index contributed by atoms with van der Waals surface area (Å²) in [5, 5.41) is 3.10. The maximum Gasteiger partial charge on any atom is 0.226 e. The molecule has 0 radical (unpaired) electrons. The van der Waals surface area contributed by atoms with Crippen molar-refractivity contribution < 1.29 is 9.18 Å². The van der Waals surface area contributed by atoms with E-state index in [1.807, 2.05) is 0 Å². The molecule has 0 spiro atoms. The Kier molecular flexibility index (Phi) is 3.76. The van der Waals surface area contributed by atoms with Gasteiger partial charge in [0.2, 0.25) is 5.91 Å². The summed E-state index contributed by atoms with van der Waals surface area (Å²) in [5.74, 6) is -1.05. The van der Waals surface area contributed by atoms with Gasteiger partial charge in [0.1, 0.15) is 10.2 Å². The first-order valence-electron chi connectivity index (χ1n) is 5.79. The summed E-state index contributed by atoms with van der Waals surface area (Å²) in [5.41, 5.74) is -0.0896. The minimum absolute atomic E-state index is 0.226. The first-order chi connectivity index (χ1) is 8.63. The number of hydrogen-bond donors (Lipinski definition) is 1. The Morgan fingerprint density at radius 1 is 1.47 bits per heavy atom. The SMILES string of the molecule is CC(C)(NC(=O)C1CC1(Cl)Cl)c1ccc(F)cc1Cl. The third kappa shape index (κ3) is 3.15. The second-order valence-corrected chi connectivity index (χ2v) is 7.21. The molecule has 1 aliphatic rings. The minimum Gasteiger partial charge on any atom is -0.347 e. The molecule has 1 aromatic carbocycles. The predicted molar refractivity (Wildman–Crippen MR) is 75.1 cm³/mol. The molecule has 1 N–H and O–H groups in total. The molecule has 0 saturated heterocycles. The molecule has 1 unspecified atom stereocenters. The van der Waals surface area contributed by atoms with Crippen LogP contribution in [-0.4, -0.2) is 10.2 Å². The van der Waals surface area contributed by atoms with Crippen molar-refractivity contribution in [3.05, 3.63) is 34.6 Å². The van der Waals surface area contributed by atoms with E-state index in [0.717, 1.165) is 0 Å². The summed E-state index contributed by atoms with van der Waals surface area (Å²) in [6.07, 6.45) is 0.440. The molecule has 2 rings (SSSR count). The van der Waals surface area contributed by atoms with Crippen LogP contribution in [0.4, 0.5) is 4.39 Å². The highest BCUT2D eigenvalue weighted by molar-refractivity contribution is 6.52. The Bertz CT molecular complexity index is 531. The van der Waals surface area contributed by atoms with Crippen LogP contribution in [0.5, 0.6) is 0 Å². The number of carbonyl (C=O) groups excluding carboxylic acids is 1. The van der Waals surface area contributed by atoms with Crippen molar-refractivity contribution in [1.82, 2.24) is 5.32 Å². The van der Waals surface area contributed by atoms with Crippen molar-refractivity contribution in [3.8, 4) is 0 Å². The maximum absolute atomic E-state index is 13.0. The Morgan fingerprint density at radius 3 is 2.53 bits per heavy atom. The first-order valence-corrected chi connectivity index (χ1v) is 6.92. The summed E-state index contributed by atoms with van der Waals surface area (Å²) in [6, 6.07) is 4.08. The largest absolute Gasteiger partial charge is 0.347 e. The summed E-state index contributed by atoms with van der Waals surface area (Å²) in [6.45, 7) is 3.58. The molecule has 1 fully saturated rings. The fraction of sp³-hybridized carbons (Fsp3) is 0.462. The zero-order valence-electron chi connectivity index (χ0n) is 10.4. The van der Waals surface area contributed by atoms with E-state index < -0.39 is 21.6 Å². The average Bonchev–Trinajstić information content (AvgIpc) is 2.86. The maximum atomic E-state index is 13.0. The lowest BCUT2D eigenvalue weighted by Gasteiger charge is -2.28. The van der Waals surface area contributed by atoms with Crippen LogP contribution in [0.15, 0.2) is 18.2 Å². The first kappa shape index (κ1) is 14.9. The number of carbonyl (C=O) groups is 1. The lowest BCUT2D eigenvalue weighted by molar-refractivity contribution is -0.124. The average molecular weight is 325 g/mol. The van der Waals surface area contributed by atoms with Gasteiger partial charge in [0, 0.05) is 5.02 Å². The molecular weight excluding hydrogens is 312 g/mol. The van der Waals surface area contributed by atoms with Crippen LogP contribution in [-0.2, 0) is 10.3 Å². The van der Waals surface area contributed by atoms with E-state index in [0.29, 0.717) is 12.0 Å². The predicted octanol–water partition coefficient (Wildman–Crippen LogP) is 4.02. The lowest BCUT2D eigenvalue weighted by atomic mass is 9.94. The molecule has 2 nitrogen and oxygen atoms in total. The van der Waals surface area contributed by atoms with Gasteiger partial charge in [-0.25, -0.2) is 4.39 Å². The van der Waals surface area contributed by atoms with Crippen molar-refractivity contribution in [3.63, 3.8) is 0 Å². The second kappa shape index (κ2) is 4.80. The Balaban J connectivity index is 2.16. The topological polar surface area (TPSA) is 29.1 Å². The van der Waals surface area contributed by atoms with Gasteiger partial charge in [-0.1, -0.05) is 17.7 Å². The molecule has 19 heavy (non-hydrogen) atoms. The quantitative estimate of drug-likeness (QED) is 0.836. The third-order valence-corrected chi connectivity index (χ3v) is 4.33. The van der Waals surface area contributed by atoms with Crippen LogP contribution < -0.4 is 5.32 Å². The van der Waals surface area contributed by atoms with E-state index in [9.17, 15) is 9.18 Å². The van der Waals surface area contributed by atoms with Crippen LogP contribution in [0.25, 0.3) is 0 Å². The normalized spacial score (nSPS) is 21.1. The molecule has 1 atom stereocenters. The third-order valence-electron chi connectivity index (χ3n) is 3.18. The van der Waals surface area contributed by atoms with Gasteiger partial charge in [0.05, 0.1) is 11.5 Å². The summed E-state index contributed by atoms with van der Waals surface area (Å²) >= 11 is 17.7. The summed E-state index contributed by atoms with van der Waals surface area (Å²) < 4.78 is 12.1.